The Hall–Kier alpha value is -3.39. The van der Waals surface area contributed by atoms with Crippen molar-refractivity contribution in [3.63, 3.8) is 0 Å². The van der Waals surface area contributed by atoms with Crippen LogP contribution in [0, 0.1) is 13.8 Å². The molecule has 28 heavy (non-hydrogen) atoms. The number of carbonyl (C=O) groups is 2. The average molecular weight is 399 g/mol. The number of carbonyl (C=O) groups excluding carboxylic acids is 2. The van der Waals surface area contributed by atoms with Crippen molar-refractivity contribution >= 4 is 40.6 Å². The molecule has 0 aliphatic rings. The zero-order chi connectivity index (χ0) is 20.3. The van der Waals surface area contributed by atoms with E-state index in [1.807, 2.05) is 32.0 Å². The highest BCUT2D eigenvalue weighted by Gasteiger charge is 2.19. The van der Waals surface area contributed by atoms with E-state index in [0.717, 1.165) is 11.1 Å². The lowest BCUT2D eigenvalue weighted by molar-refractivity contribution is -0.116. The molecule has 0 saturated heterocycles. The van der Waals surface area contributed by atoms with Crippen LogP contribution in [0.3, 0.4) is 0 Å². The van der Waals surface area contributed by atoms with Gasteiger partial charge in [0.25, 0.3) is 5.91 Å². The molecule has 3 aromatic rings. The van der Waals surface area contributed by atoms with Crippen molar-refractivity contribution in [3.05, 3.63) is 64.3 Å². The van der Waals surface area contributed by atoms with E-state index in [2.05, 4.69) is 20.9 Å². The van der Waals surface area contributed by atoms with Crippen LogP contribution in [0.15, 0.2) is 42.5 Å². The van der Waals surface area contributed by atoms with E-state index in [1.165, 1.54) is 4.68 Å². The van der Waals surface area contributed by atoms with Gasteiger partial charge in [-0.25, -0.2) is 4.68 Å². The largest absolute Gasteiger partial charge is 0.382 e. The predicted molar refractivity (Wildman–Crippen MR) is 108 cm³/mol. The third-order valence-corrected chi connectivity index (χ3v) is 4.29. The Balaban J connectivity index is 1.67. The fourth-order valence-electron chi connectivity index (χ4n) is 2.60. The van der Waals surface area contributed by atoms with Crippen LogP contribution >= 0.6 is 11.6 Å². The Morgan fingerprint density at radius 2 is 1.82 bits per heavy atom. The van der Waals surface area contributed by atoms with E-state index in [-0.39, 0.29) is 24.0 Å². The maximum Gasteiger partial charge on any atom is 0.280 e. The molecule has 144 valence electrons. The Bertz CT molecular complexity index is 1030. The molecule has 9 heteroatoms. The van der Waals surface area contributed by atoms with Gasteiger partial charge in [-0.1, -0.05) is 34.5 Å². The van der Waals surface area contributed by atoms with Gasteiger partial charge in [0.15, 0.2) is 11.5 Å². The molecule has 0 spiro atoms. The van der Waals surface area contributed by atoms with Crippen LogP contribution in [0.5, 0.6) is 0 Å². The lowest BCUT2D eigenvalue weighted by atomic mass is 10.1. The number of amides is 2. The smallest absolute Gasteiger partial charge is 0.280 e. The fraction of sp³-hybridized carbons (Fsp3) is 0.158. The van der Waals surface area contributed by atoms with Crippen molar-refractivity contribution in [2.45, 2.75) is 20.4 Å². The first-order valence-corrected chi connectivity index (χ1v) is 8.84. The SMILES string of the molecule is Cc1ccc(NC(=O)Cn2nnc(C(=O)Nc3ccc(Cl)cc3)c2N)c(C)c1. The third kappa shape index (κ3) is 4.47. The Kier molecular flexibility index (Phi) is 5.60. The van der Waals surface area contributed by atoms with E-state index < -0.39 is 5.91 Å². The second-order valence-corrected chi connectivity index (χ2v) is 6.74. The van der Waals surface area contributed by atoms with Crippen LogP contribution < -0.4 is 16.4 Å². The summed E-state index contributed by atoms with van der Waals surface area (Å²) >= 11 is 5.82. The molecule has 0 fully saturated rings. The highest BCUT2D eigenvalue weighted by Crippen LogP contribution is 2.17. The fourth-order valence-corrected chi connectivity index (χ4v) is 2.73. The standard InChI is InChI=1S/C19H19ClN6O2/c1-11-3-8-15(12(2)9-11)23-16(27)10-26-18(21)17(24-25-26)19(28)22-14-6-4-13(20)5-7-14/h3-9H,10,21H2,1-2H3,(H,22,28)(H,23,27). The van der Waals surface area contributed by atoms with E-state index >= 15 is 0 Å². The molecular weight excluding hydrogens is 380 g/mol. The maximum atomic E-state index is 12.3. The number of hydrogen-bond donors (Lipinski definition) is 3. The van der Waals surface area contributed by atoms with Gasteiger partial charge in [0.1, 0.15) is 6.54 Å². The lowest BCUT2D eigenvalue weighted by Gasteiger charge is -2.09. The Morgan fingerprint density at radius 1 is 1.11 bits per heavy atom. The zero-order valence-corrected chi connectivity index (χ0v) is 16.1. The minimum Gasteiger partial charge on any atom is -0.382 e. The van der Waals surface area contributed by atoms with Gasteiger partial charge in [0, 0.05) is 16.4 Å². The summed E-state index contributed by atoms with van der Waals surface area (Å²) in [5.41, 5.74) is 9.18. The van der Waals surface area contributed by atoms with Crippen molar-refractivity contribution in [1.82, 2.24) is 15.0 Å². The molecule has 0 aliphatic carbocycles. The van der Waals surface area contributed by atoms with Gasteiger partial charge in [-0.2, -0.15) is 0 Å². The molecule has 4 N–H and O–H groups in total. The zero-order valence-electron chi connectivity index (χ0n) is 15.4. The molecule has 2 amide bonds. The molecule has 0 atom stereocenters. The summed E-state index contributed by atoms with van der Waals surface area (Å²) in [6.45, 7) is 3.72. The molecule has 0 bridgehead atoms. The molecule has 0 unspecified atom stereocenters. The summed E-state index contributed by atoms with van der Waals surface area (Å²) in [6.07, 6.45) is 0. The van der Waals surface area contributed by atoms with Gasteiger partial charge < -0.3 is 16.4 Å². The van der Waals surface area contributed by atoms with E-state index in [1.54, 1.807) is 24.3 Å². The minimum absolute atomic E-state index is 0.00208. The van der Waals surface area contributed by atoms with Crippen LogP contribution in [0.4, 0.5) is 17.2 Å². The molecular formula is C19H19ClN6O2. The number of aryl methyl sites for hydroxylation is 2. The van der Waals surface area contributed by atoms with Crippen LogP contribution in [0.25, 0.3) is 0 Å². The number of nitrogen functional groups attached to an aromatic ring is 1. The van der Waals surface area contributed by atoms with Crippen molar-refractivity contribution in [2.75, 3.05) is 16.4 Å². The van der Waals surface area contributed by atoms with Gasteiger partial charge in [0.05, 0.1) is 0 Å². The highest BCUT2D eigenvalue weighted by atomic mass is 35.5. The molecule has 1 aromatic heterocycles. The molecule has 2 aromatic carbocycles. The first-order valence-electron chi connectivity index (χ1n) is 8.46. The van der Waals surface area contributed by atoms with Gasteiger partial charge in [-0.05, 0) is 49.7 Å². The molecule has 0 aliphatic heterocycles. The molecule has 1 heterocycles. The Labute approximate surface area is 166 Å². The molecule has 8 nitrogen and oxygen atoms in total. The maximum absolute atomic E-state index is 12.3. The number of halogens is 1. The Morgan fingerprint density at radius 3 is 2.50 bits per heavy atom. The van der Waals surface area contributed by atoms with E-state index in [0.29, 0.717) is 16.4 Å². The first kappa shape index (κ1) is 19.4. The third-order valence-electron chi connectivity index (χ3n) is 4.04. The second kappa shape index (κ2) is 8.10. The van der Waals surface area contributed by atoms with Crippen LogP contribution in [0.2, 0.25) is 5.02 Å². The minimum atomic E-state index is -0.527. The van der Waals surface area contributed by atoms with Crippen LogP contribution in [-0.4, -0.2) is 26.8 Å². The number of benzene rings is 2. The van der Waals surface area contributed by atoms with Crippen molar-refractivity contribution < 1.29 is 9.59 Å². The predicted octanol–water partition coefficient (Wildman–Crippen LogP) is 3.02. The monoisotopic (exact) mass is 398 g/mol. The average Bonchev–Trinajstić information content (AvgIpc) is 3.00. The van der Waals surface area contributed by atoms with Crippen molar-refractivity contribution in [1.29, 1.82) is 0 Å². The molecule has 3 rings (SSSR count). The first-order chi connectivity index (χ1) is 13.3. The number of aromatic nitrogens is 3. The number of nitrogens with one attached hydrogen (secondary N) is 2. The van der Waals surface area contributed by atoms with Crippen LogP contribution in [-0.2, 0) is 11.3 Å². The van der Waals surface area contributed by atoms with Crippen molar-refractivity contribution in [3.8, 4) is 0 Å². The van der Waals surface area contributed by atoms with Gasteiger partial charge in [-0.3, -0.25) is 9.59 Å². The number of anilines is 3. The van der Waals surface area contributed by atoms with Crippen LogP contribution in [0.1, 0.15) is 21.6 Å². The number of nitrogens with zero attached hydrogens (tertiary/aromatic N) is 3. The summed E-state index contributed by atoms with van der Waals surface area (Å²) < 4.78 is 1.18. The van der Waals surface area contributed by atoms with Gasteiger partial charge in [-0.15, -0.1) is 5.10 Å². The summed E-state index contributed by atoms with van der Waals surface area (Å²) in [5.74, 6) is -0.851. The summed E-state index contributed by atoms with van der Waals surface area (Å²) in [5, 5.41) is 13.6. The second-order valence-electron chi connectivity index (χ2n) is 6.31. The summed E-state index contributed by atoms with van der Waals surface area (Å²) in [6, 6.07) is 12.3. The summed E-state index contributed by atoms with van der Waals surface area (Å²) in [4.78, 5) is 24.7. The summed E-state index contributed by atoms with van der Waals surface area (Å²) in [7, 11) is 0. The van der Waals surface area contributed by atoms with E-state index in [9.17, 15) is 9.59 Å². The van der Waals surface area contributed by atoms with Gasteiger partial charge >= 0.3 is 0 Å². The quantitative estimate of drug-likeness (QED) is 0.611. The molecule has 0 radical (unpaired) electrons. The molecule has 0 saturated carbocycles. The van der Waals surface area contributed by atoms with Crippen molar-refractivity contribution in [2.24, 2.45) is 0 Å². The highest BCUT2D eigenvalue weighted by molar-refractivity contribution is 6.30. The number of nitrogens with two attached hydrogens (primary N) is 1. The van der Waals surface area contributed by atoms with Gasteiger partial charge in [0.2, 0.25) is 5.91 Å². The van der Waals surface area contributed by atoms with E-state index in [4.69, 9.17) is 17.3 Å². The number of hydrogen-bond acceptors (Lipinski definition) is 5. The normalized spacial score (nSPS) is 10.5. The lowest BCUT2D eigenvalue weighted by Crippen LogP contribution is -2.21. The topological polar surface area (TPSA) is 115 Å². The number of rotatable bonds is 5.